The average molecular weight is 451 g/mol. The summed E-state index contributed by atoms with van der Waals surface area (Å²) in [6.45, 7) is 2.76. The van der Waals surface area contributed by atoms with Gasteiger partial charge in [-0.3, -0.25) is 14.5 Å². The van der Waals surface area contributed by atoms with Gasteiger partial charge in [-0.1, -0.05) is 51.2 Å². The molecule has 7 nitrogen and oxygen atoms in total. The Labute approximate surface area is 194 Å². The maximum Gasteiger partial charge on any atom is 0.278 e. The molecular weight excluding hydrogens is 420 g/mol. The van der Waals surface area contributed by atoms with E-state index in [0.717, 1.165) is 19.3 Å². The number of carbonyl (C=O) groups excluding carboxylic acids is 2. The van der Waals surface area contributed by atoms with E-state index >= 15 is 0 Å². The van der Waals surface area contributed by atoms with E-state index < -0.39 is 0 Å². The van der Waals surface area contributed by atoms with E-state index in [4.69, 9.17) is 14.2 Å². The van der Waals surface area contributed by atoms with Crippen molar-refractivity contribution in [2.45, 2.75) is 45.4 Å². The molecule has 1 N–H and O–H groups in total. The molecule has 174 valence electrons. The van der Waals surface area contributed by atoms with Crippen LogP contribution < -0.4 is 19.5 Å². The third-order valence-corrected chi connectivity index (χ3v) is 5.92. The van der Waals surface area contributed by atoms with E-state index in [1.54, 1.807) is 49.6 Å². The van der Waals surface area contributed by atoms with E-state index in [1.165, 1.54) is 24.2 Å². The fourth-order valence-electron chi connectivity index (χ4n) is 4.09. The van der Waals surface area contributed by atoms with Crippen molar-refractivity contribution in [1.29, 1.82) is 0 Å². The summed E-state index contributed by atoms with van der Waals surface area (Å²) in [6.07, 6.45) is 6.51. The Balaban J connectivity index is 1.57. The van der Waals surface area contributed by atoms with Gasteiger partial charge < -0.3 is 19.5 Å². The molecular formula is C26H30N2O5. The molecule has 33 heavy (non-hydrogen) atoms. The SMILES string of the molecule is CCCCCCCCN1C(=O)C(Nc2ccc3c(c2)OCO3)=C(c2ccc(OC)cc2)C1=O. The standard InChI is InChI=1S/C26H30N2O5/c1-3-4-5-6-7-8-15-28-25(29)23(18-9-12-20(31-2)13-10-18)24(26(28)30)27-19-11-14-21-22(16-19)33-17-32-21/h9-14,16,27H,3-8,15,17H2,1-2H3. The summed E-state index contributed by atoms with van der Waals surface area (Å²) >= 11 is 0. The second-order valence-corrected chi connectivity index (χ2v) is 8.20. The third kappa shape index (κ3) is 4.97. The van der Waals surface area contributed by atoms with Gasteiger partial charge in [0.05, 0.1) is 12.7 Å². The van der Waals surface area contributed by atoms with Crippen LogP contribution in [0.15, 0.2) is 48.2 Å². The number of benzene rings is 2. The first-order valence-corrected chi connectivity index (χ1v) is 11.5. The van der Waals surface area contributed by atoms with Crippen LogP contribution in [0.3, 0.4) is 0 Å². The molecule has 0 aliphatic carbocycles. The van der Waals surface area contributed by atoms with Gasteiger partial charge in [0, 0.05) is 18.3 Å². The Morgan fingerprint density at radius 1 is 0.909 bits per heavy atom. The summed E-state index contributed by atoms with van der Waals surface area (Å²) in [5.74, 6) is 1.36. The van der Waals surface area contributed by atoms with Crippen molar-refractivity contribution in [3.63, 3.8) is 0 Å². The first-order chi connectivity index (χ1) is 16.1. The molecule has 0 saturated carbocycles. The van der Waals surface area contributed by atoms with Crippen LogP contribution in [-0.2, 0) is 9.59 Å². The van der Waals surface area contributed by atoms with E-state index in [2.05, 4.69) is 12.2 Å². The molecule has 2 amide bonds. The lowest BCUT2D eigenvalue weighted by Gasteiger charge is -2.15. The van der Waals surface area contributed by atoms with Crippen LogP contribution in [0, 0.1) is 0 Å². The lowest BCUT2D eigenvalue weighted by molar-refractivity contribution is -0.136. The van der Waals surface area contributed by atoms with Crippen molar-refractivity contribution < 1.29 is 23.8 Å². The molecule has 2 aromatic carbocycles. The Bertz CT molecular complexity index is 1050. The van der Waals surface area contributed by atoms with Crippen molar-refractivity contribution in [3.8, 4) is 17.2 Å². The Morgan fingerprint density at radius 3 is 2.39 bits per heavy atom. The summed E-state index contributed by atoms with van der Waals surface area (Å²) in [5.41, 5.74) is 1.96. The third-order valence-electron chi connectivity index (χ3n) is 5.92. The number of hydrogen-bond acceptors (Lipinski definition) is 6. The molecule has 2 aliphatic heterocycles. The minimum Gasteiger partial charge on any atom is -0.497 e. The summed E-state index contributed by atoms with van der Waals surface area (Å²) in [5, 5.41) is 3.18. The van der Waals surface area contributed by atoms with E-state index in [9.17, 15) is 9.59 Å². The fourth-order valence-corrected chi connectivity index (χ4v) is 4.09. The summed E-state index contributed by atoms with van der Waals surface area (Å²) in [6, 6.07) is 12.5. The molecule has 7 heteroatoms. The highest BCUT2D eigenvalue weighted by molar-refractivity contribution is 6.36. The van der Waals surface area contributed by atoms with E-state index in [0.29, 0.717) is 40.6 Å². The van der Waals surface area contributed by atoms with Crippen molar-refractivity contribution in [2.24, 2.45) is 0 Å². The second-order valence-electron chi connectivity index (χ2n) is 8.20. The zero-order valence-corrected chi connectivity index (χ0v) is 19.2. The fraction of sp³-hybridized carbons (Fsp3) is 0.385. The number of methoxy groups -OCH3 is 1. The molecule has 0 aromatic heterocycles. The number of hydrogen-bond donors (Lipinski definition) is 1. The van der Waals surface area contributed by atoms with Gasteiger partial charge in [-0.2, -0.15) is 0 Å². The molecule has 4 rings (SSSR count). The van der Waals surface area contributed by atoms with Gasteiger partial charge in [0.15, 0.2) is 11.5 Å². The van der Waals surface area contributed by atoms with E-state index in [1.807, 2.05) is 0 Å². The number of nitrogens with zero attached hydrogens (tertiary/aromatic N) is 1. The van der Waals surface area contributed by atoms with Crippen LogP contribution in [0.4, 0.5) is 5.69 Å². The summed E-state index contributed by atoms with van der Waals surface area (Å²) < 4.78 is 16.1. The predicted molar refractivity (Wildman–Crippen MR) is 126 cm³/mol. The predicted octanol–water partition coefficient (Wildman–Crippen LogP) is 4.98. The van der Waals surface area contributed by atoms with Crippen LogP contribution in [0.1, 0.15) is 51.0 Å². The van der Waals surface area contributed by atoms with Gasteiger partial charge in [-0.05, 0) is 36.2 Å². The molecule has 2 aliphatic rings. The van der Waals surface area contributed by atoms with Gasteiger partial charge in [-0.25, -0.2) is 0 Å². The number of amides is 2. The number of carbonyl (C=O) groups is 2. The van der Waals surface area contributed by atoms with Crippen molar-refractivity contribution in [2.75, 3.05) is 25.8 Å². The Hall–Kier alpha value is -3.48. The van der Waals surface area contributed by atoms with Crippen LogP contribution in [0.25, 0.3) is 5.57 Å². The lowest BCUT2D eigenvalue weighted by Crippen LogP contribution is -2.33. The van der Waals surface area contributed by atoms with Crippen LogP contribution >= 0.6 is 0 Å². The first-order valence-electron chi connectivity index (χ1n) is 11.5. The Kier molecular flexibility index (Phi) is 7.17. The minimum absolute atomic E-state index is 0.169. The number of fused-ring (bicyclic) bond motifs is 1. The molecule has 2 heterocycles. The van der Waals surface area contributed by atoms with Crippen molar-refractivity contribution >= 4 is 23.1 Å². The molecule has 0 spiro atoms. The molecule has 0 unspecified atom stereocenters. The van der Waals surface area contributed by atoms with Gasteiger partial charge in [0.1, 0.15) is 11.4 Å². The zero-order chi connectivity index (χ0) is 23.2. The minimum atomic E-state index is -0.308. The summed E-state index contributed by atoms with van der Waals surface area (Å²) in [7, 11) is 1.59. The molecule has 0 saturated heterocycles. The highest BCUT2D eigenvalue weighted by Crippen LogP contribution is 2.36. The highest BCUT2D eigenvalue weighted by Gasteiger charge is 2.39. The zero-order valence-electron chi connectivity index (χ0n) is 19.2. The number of anilines is 1. The quantitative estimate of drug-likeness (QED) is 0.384. The molecule has 0 fully saturated rings. The maximum absolute atomic E-state index is 13.4. The number of nitrogens with one attached hydrogen (secondary N) is 1. The summed E-state index contributed by atoms with van der Waals surface area (Å²) in [4.78, 5) is 28.0. The number of ether oxygens (including phenoxy) is 3. The largest absolute Gasteiger partial charge is 0.497 e. The van der Waals surface area contributed by atoms with Gasteiger partial charge in [-0.15, -0.1) is 0 Å². The van der Waals surface area contributed by atoms with Crippen LogP contribution in [0.5, 0.6) is 17.2 Å². The molecule has 0 atom stereocenters. The molecule has 0 radical (unpaired) electrons. The highest BCUT2D eigenvalue weighted by atomic mass is 16.7. The normalized spacial score (nSPS) is 14.9. The number of rotatable bonds is 11. The van der Waals surface area contributed by atoms with Crippen molar-refractivity contribution in [3.05, 3.63) is 53.7 Å². The van der Waals surface area contributed by atoms with E-state index in [-0.39, 0.29) is 24.3 Å². The first kappa shape index (κ1) is 22.7. The monoisotopic (exact) mass is 450 g/mol. The Morgan fingerprint density at radius 2 is 1.64 bits per heavy atom. The second kappa shape index (κ2) is 10.4. The maximum atomic E-state index is 13.4. The topological polar surface area (TPSA) is 77.1 Å². The average Bonchev–Trinajstić information content (AvgIpc) is 3.39. The number of unbranched alkanes of at least 4 members (excludes halogenated alkanes) is 5. The van der Waals surface area contributed by atoms with Crippen LogP contribution in [0.2, 0.25) is 0 Å². The number of imide groups is 1. The molecule has 2 aromatic rings. The van der Waals surface area contributed by atoms with Gasteiger partial charge >= 0.3 is 0 Å². The lowest BCUT2D eigenvalue weighted by atomic mass is 10.0. The molecule has 0 bridgehead atoms. The van der Waals surface area contributed by atoms with Gasteiger partial charge in [0.25, 0.3) is 11.8 Å². The van der Waals surface area contributed by atoms with Crippen molar-refractivity contribution in [1.82, 2.24) is 4.90 Å². The van der Waals surface area contributed by atoms with Gasteiger partial charge in [0.2, 0.25) is 6.79 Å². The van der Waals surface area contributed by atoms with Crippen LogP contribution in [-0.4, -0.2) is 37.2 Å². The smallest absolute Gasteiger partial charge is 0.278 e.